The predicted molar refractivity (Wildman–Crippen MR) is 235 cm³/mol. The van der Waals surface area contributed by atoms with Crippen molar-refractivity contribution in [1.29, 1.82) is 0 Å². The third-order valence-corrected chi connectivity index (χ3v) is 14.9. The van der Waals surface area contributed by atoms with Crippen molar-refractivity contribution in [2.75, 3.05) is 26.4 Å². The Balaban J connectivity index is 1.04. The van der Waals surface area contributed by atoms with E-state index < -0.39 is 75.5 Å². The van der Waals surface area contributed by atoms with Crippen molar-refractivity contribution in [2.24, 2.45) is 11.8 Å². The van der Waals surface area contributed by atoms with Crippen molar-refractivity contribution in [3.8, 4) is 22.6 Å². The first kappa shape index (κ1) is 43.5. The number of carbonyl (C=O) groups excluding carboxylic acids is 4. The fourth-order valence-corrected chi connectivity index (χ4v) is 11.9. The highest BCUT2D eigenvalue weighted by Crippen LogP contribution is 2.43. The molecule has 0 radical (unpaired) electrons. The third kappa shape index (κ3) is 8.53. The average Bonchev–Trinajstić information content (AvgIpc) is 4.09. The number of aromatic nitrogens is 4. The van der Waals surface area contributed by atoms with Gasteiger partial charge in [0.25, 0.3) is 5.92 Å². The van der Waals surface area contributed by atoms with Gasteiger partial charge in [-0.1, -0.05) is 59.0 Å². The number of amides is 4. The average molecular weight is 883 g/mol. The van der Waals surface area contributed by atoms with Crippen LogP contribution in [-0.2, 0) is 19.1 Å². The second kappa shape index (κ2) is 16.5. The quantitative estimate of drug-likeness (QED) is 0.0845. The summed E-state index contributed by atoms with van der Waals surface area (Å²) < 4.78 is 41.1. The Kier molecular flexibility index (Phi) is 11.4. The number of aromatic amines is 2. The number of hydrogen-bond donors (Lipinski definition) is 5. The molecule has 6 aromatic rings. The van der Waals surface area contributed by atoms with Crippen LogP contribution in [0.5, 0.6) is 0 Å². The second-order valence-electron chi connectivity index (χ2n) is 18.3. The van der Waals surface area contributed by atoms with Gasteiger partial charge in [0.2, 0.25) is 17.7 Å². The Morgan fingerprint density at radius 3 is 2.32 bits per heavy atom. The van der Waals surface area contributed by atoms with Gasteiger partial charge in [0.1, 0.15) is 41.7 Å². The SMILES string of the molecule is COC(=O)N[C@H](C(=O)N1C[Si](C)(C)C[C@H]1c1ncc(-c2ccc3oc(-c4ccc5c(ccc6[nH]c([C@@H]7CC(F)(F)CN7C(=O)[C@@H](NC(=O)CO)C(C)C)nc65)c4)cc3c2)[nH]1)C(C)C. The number of H-pyrrole nitrogens is 2. The van der Waals surface area contributed by atoms with Crippen LogP contribution < -0.4 is 10.6 Å². The van der Waals surface area contributed by atoms with Crippen LogP contribution in [0.3, 0.4) is 0 Å². The van der Waals surface area contributed by atoms with Crippen molar-refractivity contribution in [3.63, 3.8) is 0 Å². The molecule has 8 rings (SSSR count). The fraction of sp³-hybridized carbons (Fsp3) is 0.422. The molecule has 0 saturated carbocycles. The number of rotatable bonds is 11. The van der Waals surface area contributed by atoms with Crippen LogP contribution in [0.15, 0.2) is 65.2 Å². The first-order valence-corrected chi connectivity index (χ1v) is 24.5. The van der Waals surface area contributed by atoms with Crippen LogP contribution in [0.1, 0.15) is 57.8 Å². The standard InChI is InChI=1S/C45H52F2N8O7Si/c1-23(2)37(51-36(57)19-56)42(58)54-21-45(46,47)17-32(54)41-49-30-12-9-25-14-27(8-11-29(25)39(30)52-41)35-16-28-15-26(10-13-34(28)62-35)31-18-48-40(50-31)33-20-63(6,7)22-55(33)43(59)38(24(3)4)53-44(60)61-5/h8-16,18,23-24,32-33,37-38,56H,17,19-22H2,1-7H3,(H,48,50)(H,49,52)(H,51,57)(H,53,60)/t32-,33-,37-,38-/m0/s1. The Morgan fingerprint density at radius 1 is 0.905 bits per heavy atom. The number of furan rings is 1. The number of aliphatic hydroxyl groups is 1. The summed E-state index contributed by atoms with van der Waals surface area (Å²) in [5.74, 6) is -3.78. The number of imidazole rings is 2. The van der Waals surface area contributed by atoms with Crippen LogP contribution >= 0.6 is 0 Å². The van der Waals surface area contributed by atoms with Crippen LogP contribution in [0.25, 0.3) is 55.4 Å². The van der Waals surface area contributed by atoms with E-state index in [4.69, 9.17) is 19.1 Å². The van der Waals surface area contributed by atoms with Gasteiger partial charge in [-0.3, -0.25) is 14.4 Å². The number of carbonyl (C=O) groups is 4. The Labute approximate surface area is 363 Å². The summed E-state index contributed by atoms with van der Waals surface area (Å²) in [4.78, 5) is 70.8. The van der Waals surface area contributed by atoms with E-state index in [1.165, 1.54) is 7.11 Å². The zero-order valence-corrected chi connectivity index (χ0v) is 37.2. The maximum Gasteiger partial charge on any atom is 0.407 e. The second-order valence-corrected chi connectivity index (χ2v) is 23.3. The van der Waals surface area contributed by atoms with Crippen LogP contribution in [0.2, 0.25) is 19.1 Å². The summed E-state index contributed by atoms with van der Waals surface area (Å²) >= 11 is 0. The number of likely N-dealkylation sites (tertiary alicyclic amines) is 1. The number of benzene rings is 3. The molecule has 0 spiro atoms. The maximum absolute atomic E-state index is 15.0. The summed E-state index contributed by atoms with van der Waals surface area (Å²) in [6.07, 6.45) is 1.14. The molecule has 5 heterocycles. The number of halogens is 2. The molecule has 332 valence electrons. The van der Waals surface area contributed by atoms with Gasteiger partial charge in [0, 0.05) is 34.5 Å². The molecule has 2 aliphatic heterocycles. The van der Waals surface area contributed by atoms with Gasteiger partial charge in [-0.2, -0.15) is 0 Å². The fourth-order valence-electron chi connectivity index (χ4n) is 8.97. The number of fused-ring (bicyclic) bond motifs is 4. The molecule has 15 nitrogen and oxygen atoms in total. The topological polar surface area (TPSA) is 199 Å². The summed E-state index contributed by atoms with van der Waals surface area (Å²) in [6, 6.07) is 15.0. The van der Waals surface area contributed by atoms with Crippen molar-refractivity contribution in [2.45, 2.75) is 83.3 Å². The molecule has 0 bridgehead atoms. The number of alkyl carbamates (subject to hydrolysis) is 1. The largest absolute Gasteiger partial charge is 0.456 e. The zero-order chi connectivity index (χ0) is 45.1. The molecule has 2 fully saturated rings. The molecule has 3 aromatic carbocycles. The van der Waals surface area contributed by atoms with E-state index in [0.717, 1.165) is 43.9 Å². The molecule has 5 N–H and O–H groups in total. The first-order valence-electron chi connectivity index (χ1n) is 21.1. The van der Waals surface area contributed by atoms with Crippen LogP contribution in [0.4, 0.5) is 13.6 Å². The zero-order valence-electron chi connectivity index (χ0n) is 36.2. The van der Waals surface area contributed by atoms with Crippen molar-refractivity contribution >= 4 is 64.7 Å². The highest BCUT2D eigenvalue weighted by molar-refractivity contribution is 6.78. The van der Waals surface area contributed by atoms with Gasteiger partial charge in [-0.25, -0.2) is 23.5 Å². The van der Waals surface area contributed by atoms with Gasteiger partial charge >= 0.3 is 6.09 Å². The lowest BCUT2D eigenvalue weighted by Crippen LogP contribution is -2.52. The molecule has 4 atom stereocenters. The molecule has 4 amide bonds. The van der Waals surface area contributed by atoms with Gasteiger partial charge in [0.15, 0.2) is 0 Å². The molecule has 0 unspecified atom stereocenters. The third-order valence-electron chi connectivity index (χ3n) is 12.2. The molecule has 3 aromatic heterocycles. The number of aliphatic hydroxyl groups excluding tert-OH is 1. The van der Waals surface area contributed by atoms with Crippen LogP contribution in [-0.4, -0.2) is 111 Å². The number of nitrogens with zero attached hydrogens (tertiary/aromatic N) is 4. The van der Waals surface area contributed by atoms with Crippen molar-refractivity contribution in [1.82, 2.24) is 40.4 Å². The molecular formula is C45H52F2N8O7Si. The molecule has 2 aliphatic rings. The van der Waals surface area contributed by atoms with Gasteiger partial charge in [0.05, 0.1) is 56.7 Å². The van der Waals surface area contributed by atoms with E-state index in [0.29, 0.717) is 34.4 Å². The number of alkyl halides is 2. The lowest BCUT2D eigenvalue weighted by Gasteiger charge is -2.30. The number of nitrogens with one attached hydrogen (secondary N) is 4. The molecule has 18 heteroatoms. The first-order chi connectivity index (χ1) is 29.8. The number of methoxy groups -OCH3 is 1. The van der Waals surface area contributed by atoms with Crippen molar-refractivity contribution in [3.05, 3.63) is 72.4 Å². The summed E-state index contributed by atoms with van der Waals surface area (Å²) in [5.41, 5.74) is 4.36. The van der Waals surface area contributed by atoms with E-state index in [1.54, 1.807) is 20.0 Å². The monoisotopic (exact) mass is 882 g/mol. The number of hydrogen-bond acceptors (Lipinski definition) is 9. The Morgan fingerprint density at radius 2 is 1.60 bits per heavy atom. The summed E-state index contributed by atoms with van der Waals surface area (Å²) in [6.45, 7) is 10.0. The Bertz CT molecular complexity index is 2750. The van der Waals surface area contributed by atoms with E-state index in [2.05, 4.69) is 33.7 Å². The van der Waals surface area contributed by atoms with E-state index in [-0.39, 0.29) is 23.7 Å². The smallest absolute Gasteiger partial charge is 0.407 e. The van der Waals surface area contributed by atoms with E-state index in [9.17, 15) is 33.1 Å². The minimum Gasteiger partial charge on any atom is -0.456 e. The predicted octanol–water partition coefficient (Wildman–Crippen LogP) is 7.07. The molecule has 0 aliphatic carbocycles. The molecular weight excluding hydrogens is 831 g/mol. The molecule has 63 heavy (non-hydrogen) atoms. The highest BCUT2D eigenvalue weighted by atomic mass is 28.3. The van der Waals surface area contributed by atoms with E-state index in [1.807, 2.05) is 73.3 Å². The highest BCUT2D eigenvalue weighted by Gasteiger charge is 2.50. The Hall–Kier alpha value is -6.14. The lowest BCUT2D eigenvalue weighted by atomic mass is 10.0. The van der Waals surface area contributed by atoms with E-state index >= 15 is 0 Å². The maximum atomic E-state index is 15.0. The minimum atomic E-state index is -3.17. The normalized spacial score (nSPS) is 19.4. The summed E-state index contributed by atoms with van der Waals surface area (Å²) in [7, 11) is -0.527. The van der Waals surface area contributed by atoms with Crippen LogP contribution in [0, 0.1) is 11.8 Å². The number of ether oxygens (including phenoxy) is 1. The molecule has 2 saturated heterocycles. The van der Waals surface area contributed by atoms with Gasteiger partial charge in [-0.05, 0) is 59.7 Å². The minimum absolute atomic E-state index is 0.147. The lowest BCUT2D eigenvalue weighted by molar-refractivity contribution is -0.140. The van der Waals surface area contributed by atoms with Gasteiger partial charge in [-0.15, -0.1) is 0 Å². The van der Waals surface area contributed by atoms with Gasteiger partial charge < -0.3 is 44.7 Å². The van der Waals surface area contributed by atoms with Crippen molar-refractivity contribution < 1.29 is 42.2 Å². The summed E-state index contributed by atoms with van der Waals surface area (Å²) in [5, 5.41) is 16.9.